The Kier molecular flexibility index (Phi) is 5.34. The molecule has 0 saturated heterocycles. The molecule has 2 aliphatic rings. The summed E-state index contributed by atoms with van der Waals surface area (Å²) < 4.78 is 49.3. The van der Waals surface area contributed by atoms with E-state index in [9.17, 15) is 27.9 Å². The molecule has 1 amide bonds. The zero-order valence-corrected chi connectivity index (χ0v) is 18.6. The fourth-order valence-electron chi connectivity index (χ4n) is 4.46. The predicted octanol–water partition coefficient (Wildman–Crippen LogP) is 5.96. The van der Waals surface area contributed by atoms with Crippen LogP contribution in [0.25, 0.3) is 11.1 Å². The van der Waals surface area contributed by atoms with Gasteiger partial charge in [-0.05, 0) is 81.0 Å². The number of hydrogen-bond donors (Lipinski definition) is 1. The molecule has 33 heavy (non-hydrogen) atoms. The highest BCUT2D eigenvalue weighted by molar-refractivity contribution is 5.93. The quantitative estimate of drug-likeness (QED) is 0.592. The number of carboxylic acid groups (broad SMARTS) is 1. The number of alkyl halides is 3. The second kappa shape index (κ2) is 7.67. The second-order valence-corrected chi connectivity index (χ2v) is 8.90. The molecule has 1 aliphatic heterocycles. The van der Waals surface area contributed by atoms with Crippen LogP contribution in [0.15, 0.2) is 30.3 Å². The molecular formula is C24H24F3NO5. The Bertz CT molecular complexity index is 1140. The van der Waals surface area contributed by atoms with Gasteiger partial charge in [0.2, 0.25) is 0 Å². The second-order valence-electron chi connectivity index (χ2n) is 8.90. The van der Waals surface area contributed by atoms with Crippen molar-refractivity contribution in [3.8, 4) is 16.9 Å². The number of fused-ring (bicyclic) bond motifs is 1. The van der Waals surface area contributed by atoms with Crippen molar-refractivity contribution in [3.05, 3.63) is 47.0 Å². The fraction of sp³-hybridized carbons (Fsp3) is 0.417. The number of aryl methyl sites for hydroxylation is 1. The van der Waals surface area contributed by atoms with Crippen LogP contribution < -0.4 is 9.64 Å². The highest BCUT2D eigenvalue weighted by Crippen LogP contribution is 2.50. The monoisotopic (exact) mass is 463 g/mol. The van der Waals surface area contributed by atoms with Gasteiger partial charge in [-0.1, -0.05) is 6.07 Å². The van der Waals surface area contributed by atoms with E-state index in [0.717, 1.165) is 5.56 Å². The Hall–Kier alpha value is -3.23. The maximum Gasteiger partial charge on any atom is 0.573 e. The summed E-state index contributed by atoms with van der Waals surface area (Å²) >= 11 is 0. The lowest BCUT2D eigenvalue weighted by Gasteiger charge is -2.38. The molecule has 9 heteroatoms. The molecule has 2 aromatic rings. The number of nitrogens with zero attached hydrogens (tertiary/aromatic N) is 1. The lowest BCUT2D eigenvalue weighted by atomic mass is 9.87. The summed E-state index contributed by atoms with van der Waals surface area (Å²) in [7, 11) is 0. The normalized spacial score (nSPS) is 21.3. The minimum atomic E-state index is -4.90. The lowest BCUT2D eigenvalue weighted by Crippen LogP contribution is -2.43. The van der Waals surface area contributed by atoms with E-state index in [1.54, 1.807) is 45.9 Å². The van der Waals surface area contributed by atoms with Crippen LogP contribution >= 0.6 is 0 Å². The molecule has 1 N–H and O–H groups in total. The number of benzene rings is 2. The van der Waals surface area contributed by atoms with Crippen LogP contribution in [-0.4, -0.2) is 30.1 Å². The van der Waals surface area contributed by atoms with Gasteiger partial charge < -0.3 is 14.6 Å². The molecule has 1 heterocycles. The van der Waals surface area contributed by atoms with Gasteiger partial charge in [0.05, 0.1) is 11.6 Å². The van der Waals surface area contributed by atoms with Crippen LogP contribution in [0.5, 0.6) is 5.75 Å². The maximum atomic E-state index is 13.2. The number of ether oxygens (including phenoxy) is 2. The SMILES string of the molecule is CCN1C(=O)OC(C)(C)c2cc(C)c(-c3cc([C@@H]4C[C@H]4C(=O)O)ccc3OC(F)(F)F)cc21. The van der Waals surface area contributed by atoms with E-state index in [2.05, 4.69) is 4.74 Å². The van der Waals surface area contributed by atoms with Gasteiger partial charge >= 0.3 is 18.4 Å². The molecule has 2 aromatic carbocycles. The summed E-state index contributed by atoms with van der Waals surface area (Å²) in [6, 6.07) is 7.75. The van der Waals surface area contributed by atoms with E-state index in [4.69, 9.17) is 4.74 Å². The molecule has 0 unspecified atom stereocenters. The average Bonchev–Trinajstić information content (AvgIpc) is 3.48. The summed E-state index contributed by atoms with van der Waals surface area (Å²) in [5, 5.41) is 9.26. The third-order valence-corrected chi connectivity index (χ3v) is 6.22. The summed E-state index contributed by atoms with van der Waals surface area (Å²) in [5.74, 6) is -2.13. The Morgan fingerprint density at radius 2 is 1.94 bits per heavy atom. The van der Waals surface area contributed by atoms with Crippen molar-refractivity contribution < 1.29 is 37.3 Å². The summed E-state index contributed by atoms with van der Waals surface area (Å²) in [6.07, 6.45) is -5.00. The number of cyclic esters (lactones) is 1. The van der Waals surface area contributed by atoms with Crippen molar-refractivity contribution in [2.24, 2.45) is 5.92 Å². The molecule has 1 saturated carbocycles. The standard InChI is InChI=1S/C24H24F3NO5/c1-5-28-19-11-14(12(2)8-18(19)23(3,4)33-22(28)31)16-9-13(15-10-17(15)21(29)30)6-7-20(16)32-24(25,26)27/h6-9,11,15,17H,5,10H2,1-4H3,(H,29,30)/t15-,17+/m0/s1. The van der Waals surface area contributed by atoms with Gasteiger partial charge in [-0.15, -0.1) is 13.2 Å². The van der Waals surface area contributed by atoms with Gasteiger partial charge in [-0.2, -0.15) is 0 Å². The van der Waals surface area contributed by atoms with Crippen molar-refractivity contribution in [1.82, 2.24) is 0 Å². The van der Waals surface area contributed by atoms with E-state index in [-0.39, 0.29) is 17.2 Å². The molecule has 2 atom stereocenters. The topological polar surface area (TPSA) is 76.1 Å². The van der Waals surface area contributed by atoms with E-state index < -0.39 is 29.9 Å². The third kappa shape index (κ3) is 4.24. The Morgan fingerprint density at radius 3 is 2.52 bits per heavy atom. The number of hydrogen-bond acceptors (Lipinski definition) is 4. The third-order valence-electron chi connectivity index (χ3n) is 6.22. The highest BCUT2D eigenvalue weighted by atomic mass is 19.4. The summed E-state index contributed by atoms with van der Waals surface area (Å²) in [4.78, 5) is 25.3. The van der Waals surface area contributed by atoms with Crippen molar-refractivity contribution >= 4 is 17.7 Å². The van der Waals surface area contributed by atoms with E-state index in [0.29, 0.717) is 35.3 Å². The van der Waals surface area contributed by atoms with Crippen LogP contribution in [0, 0.1) is 12.8 Å². The van der Waals surface area contributed by atoms with E-state index in [1.807, 2.05) is 0 Å². The first kappa shape index (κ1) is 22.9. The minimum absolute atomic E-state index is 0.189. The van der Waals surface area contributed by atoms with Crippen LogP contribution in [0.2, 0.25) is 0 Å². The summed E-state index contributed by atoms with van der Waals surface area (Å²) in [6.45, 7) is 7.38. The lowest BCUT2D eigenvalue weighted by molar-refractivity contribution is -0.274. The first-order valence-corrected chi connectivity index (χ1v) is 10.6. The fourth-order valence-corrected chi connectivity index (χ4v) is 4.46. The maximum absolute atomic E-state index is 13.2. The zero-order valence-electron chi connectivity index (χ0n) is 18.6. The van der Waals surface area contributed by atoms with Gasteiger partial charge in [0.25, 0.3) is 0 Å². The largest absolute Gasteiger partial charge is 0.573 e. The number of anilines is 1. The molecule has 6 nitrogen and oxygen atoms in total. The number of carbonyl (C=O) groups is 2. The van der Waals surface area contributed by atoms with Gasteiger partial charge in [-0.3, -0.25) is 9.69 Å². The number of carbonyl (C=O) groups excluding carboxylic acids is 1. The van der Waals surface area contributed by atoms with Gasteiger partial charge in [0.15, 0.2) is 0 Å². The first-order chi connectivity index (χ1) is 15.3. The van der Waals surface area contributed by atoms with Crippen LogP contribution in [0.1, 0.15) is 49.8 Å². The number of carboxylic acids is 1. The predicted molar refractivity (Wildman–Crippen MR) is 114 cm³/mol. The van der Waals surface area contributed by atoms with Crippen molar-refractivity contribution in [3.63, 3.8) is 0 Å². The molecule has 1 fully saturated rings. The van der Waals surface area contributed by atoms with Crippen molar-refractivity contribution in [1.29, 1.82) is 0 Å². The molecule has 0 bridgehead atoms. The Morgan fingerprint density at radius 1 is 1.24 bits per heavy atom. The molecule has 4 rings (SSSR count). The number of amides is 1. The van der Waals surface area contributed by atoms with Crippen LogP contribution in [-0.2, 0) is 15.1 Å². The molecule has 176 valence electrons. The van der Waals surface area contributed by atoms with Crippen molar-refractivity contribution in [2.45, 2.75) is 52.0 Å². The van der Waals surface area contributed by atoms with E-state index in [1.165, 1.54) is 17.0 Å². The smallest absolute Gasteiger partial charge is 0.481 e. The van der Waals surface area contributed by atoms with Crippen molar-refractivity contribution in [2.75, 3.05) is 11.4 Å². The molecule has 1 aliphatic carbocycles. The number of rotatable bonds is 5. The van der Waals surface area contributed by atoms with Crippen LogP contribution in [0.4, 0.5) is 23.7 Å². The van der Waals surface area contributed by atoms with Gasteiger partial charge in [-0.25, -0.2) is 4.79 Å². The minimum Gasteiger partial charge on any atom is -0.481 e. The zero-order chi connectivity index (χ0) is 24.3. The summed E-state index contributed by atoms with van der Waals surface area (Å²) in [5.41, 5.74) is 2.35. The number of halogens is 3. The first-order valence-electron chi connectivity index (χ1n) is 10.6. The average molecular weight is 463 g/mol. The van der Waals surface area contributed by atoms with E-state index >= 15 is 0 Å². The number of aliphatic carboxylic acids is 1. The molecule has 0 aromatic heterocycles. The van der Waals surface area contributed by atoms with Crippen LogP contribution in [0.3, 0.4) is 0 Å². The molecule has 0 spiro atoms. The Labute approximate surface area is 188 Å². The van der Waals surface area contributed by atoms with Gasteiger partial charge in [0, 0.05) is 17.7 Å². The Balaban J connectivity index is 1.89. The van der Waals surface area contributed by atoms with Gasteiger partial charge in [0.1, 0.15) is 11.4 Å². The molecule has 0 radical (unpaired) electrons. The molecular weight excluding hydrogens is 439 g/mol. The highest BCUT2D eigenvalue weighted by Gasteiger charge is 2.45.